The summed E-state index contributed by atoms with van der Waals surface area (Å²) in [5.74, 6) is 0.0733. The van der Waals surface area contributed by atoms with E-state index in [-0.39, 0.29) is 11.9 Å². The van der Waals surface area contributed by atoms with Crippen molar-refractivity contribution in [3.05, 3.63) is 52.0 Å². The molecule has 0 saturated carbocycles. The maximum absolute atomic E-state index is 11.9. The van der Waals surface area contributed by atoms with Gasteiger partial charge in [0.1, 0.15) is 0 Å². The minimum absolute atomic E-state index is 0.0479. The summed E-state index contributed by atoms with van der Waals surface area (Å²) in [7, 11) is 0. The molecule has 2 rings (SSSR count). The lowest BCUT2D eigenvalue weighted by Gasteiger charge is -2.13. The number of amides is 1. The summed E-state index contributed by atoms with van der Waals surface area (Å²) in [5.41, 5.74) is 2.15. The van der Waals surface area contributed by atoms with E-state index in [9.17, 15) is 4.79 Å². The Morgan fingerprint density at radius 2 is 2.11 bits per heavy atom. The van der Waals surface area contributed by atoms with Crippen LogP contribution in [0.2, 0.25) is 0 Å². The second-order valence-electron chi connectivity index (χ2n) is 4.58. The molecule has 0 fully saturated rings. The molecule has 19 heavy (non-hydrogen) atoms. The van der Waals surface area contributed by atoms with Gasteiger partial charge in [-0.3, -0.25) is 4.79 Å². The smallest absolute Gasteiger partial charge is 0.220 e. The standard InChI is InChI=1S/C15H18N2OS/c1-11-10-19-15(16-11)9-8-14(18)17-12(2)13-6-4-3-5-7-13/h3-7,10,12H,8-9H2,1-2H3,(H,17,18). The number of rotatable bonds is 5. The lowest BCUT2D eigenvalue weighted by molar-refractivity contribution is -0.121. The van der Waals surface area contributed by atoms with Gasteiger partial charge in [-0.05, 0) is 19.4 Å². The Morgan fingerprint density at radius 3 is 2.74 bits per heavy atom. The maximum atomic E-state index is 11.9. The van der Waals surface area contributed by atoms with Crippen molar-refractivity contribution in [3.8, 4) is 0 Å². The Morgan fingerprint density at radius 1 is 1.37 bits per heavy atom. The van der Waals surface area contributed by atoms with E-state index in [1.807, 2.05) is 49.6 Å². The second kappa shape index (κ2) is 6.48. The molecule has 4 heteroatoms. The SMILES string of the molecule is Cc1csc(CCC(=O)NC(C)c2ccccc2)n1. The molecule has 1 heterocycles. The van der Waals surface area contributed by atoms with Gasteiger partial charge >= 0.3 is 0 Å². The average molecular weight is 274 g/mol. The zero-order chi connectivity index (χ0) is 13.7. The highest BCUT2D eigenvalue weighted by Gasteiger charge is 2.10. The quantitative estimate of drug-likeness (QED) is 0.909. The summed E-state index contributed by atoms with van der Waals surface area (Å²) >= 11 is 1.62. The fourth-order valence-electron chi connectivity index (χ4n) is 1.88. The topological polar surface area (TPSA) is 42.0 Å². The summed E-state index contributed by atoms with van der Waals surface area (Å²) in [6, 6.07) is 10.0. The molecule has 1 amide bonds. The molecule has 1 unspecified atom stereocenters. The molecule has 100 valence electrons. The molecule has 0 radical (unpaired) electrons. The first kappa shape index (κ1) is 13.7. The molecule has 2 aromatic rings. The van der Waals surface area contributed by atoms with Gasteiger partial charge in [0.15, 0.2) is 0 Å². The molecule has 1 N–H and O–H groups in total. The number of aromatic nitrogens is 1. The summed E-state index contributed by atoms with van der Waals surface area (Å²) in [6.07, 6.45) is 1.20. The summed E-state index contributed by atoms with van der Waals surface area (Å²) < 4.78 is 0. The van der Waals surface area contributed by atoms with Gasteiger partial charge in [-0.15, -0.1) is 11.3 Å². The van der Waals surface area contributed by atoms with Gasteiger partial charge in [0, 0.05) is 23.9 Å². The van der Waals surface area contributed by atoms with Gasteiger partial charge in [-0.2, -0.15) is 0 Å². The normalized spacial score (nSPS) is 12.1. The number of hydrogen-bond acceptors (Lipinski definition) is 3. The van der Waals surface area contributed by atoms with Crippen molar-refractivity contribution in [3.63, 3.8) is 0 Å². The van der Waals surface area contributed by atoms with E-state index in [0.29, 0.717) is 12.8 Å². The van der Waals surface area contributed by atoms with Crippen LogP contribution in [0, 0.1) is 6.92 Å². The number of aryl methyl sites for hydroxylation is 2. The zero-order valence-corrected chi connectivity index (χ0v) is 12.0. The van der Waals surface area contributed by atoms with Crippen molar-refractivity contribution in [1.29, 1.82) is 0 Å². The molecule has 0 aliphatic rings. The van der Waals surface area contributed by atoms with E-state index in [1.165, 1.54) is 0 Å². The van der Waals surface area contributed by atoms with Gasteiger partial charge in [0.2, 0.25) is 5.91 Å². The Bertz CT molecular complexity index is 536. The lowest BCUT2D eigenvalue weighted by atomic mass is 10.1. The number of nitrogens with zero attached hydrogens (tertiary/aromatic N) is 1. The first-order valence-electron chi connectivity index (χ1n) is 6.40. The third kappa shape index (κ3) is 4.17. The fraction of sp³-hybridized carbons (Fsp3) is 0.333. The van der Waals surface area contributed by atoms with E-state index in [4.69, 9.17) is 0 Å². The Kier molecular flexibility index (Phi) is 4.68. The molecule has 0 bridgehead atoms. The highest BCUT2D eigenvalue weighted by molar-refractivity contribution is 7.09. The van der Waals surface area contributed by atoms with Crippen LogP contribution in [0.3, 0.4) is 0 Å². The molecule has 1 aromatic carbocycles. The average Bonchev–Trinajstić information content (AvgIpc) is 2.83. The van der Waals surface area contributed by atoms with Crippen molar-refractivity contribution < 1.29 is 4.79 Å². The van der Waals surface area contributed by atoms with Crippen LogP contribution >= 0.6 is 11.3 Å². The number of thiazole rings is 1. The molecule has 1 aromatic heterocycles. The second-order valence-corrected chi connectivity index (χ2v) is 5.53. The Hall–Kier alpha value is -1.68. The number of hydrogen-bond donors (Lipinski definition) is 1. The number of benzene rings is 1. The zero-order valence-electron chi connectivity index (χ0n) is 11.2. The number of carbonyl (C=O) groups excluding carboxylic acids is 1. The van der Waals surface area contributed by atoms with Gasteiger partial charge in [0.05, 0.1) is 11.0 Å². The van der Waals surface area contributed by atoms with Crippen LogP contribution in [0.25, 0.3) is 0 Å². The fourth-order valence-corrected chi connectivity index (χ4v) is 2.65. The monoisotopic (exact) mass is 274 g/mol. The van der Waals surface area contributed by atoms with Crippen LogP contribution < -0.4 is 5.32 Å². The van der Waals surface area contributed by atoms with Crippen LogP contribution in [0.1, 0.15) is 35.7 Å². The van der Waals surface area contributed by atoms with Crippen LogP contribution in [0.15, 0.2) is 35.7 Å². The van der Waals surface area contributed by atoms with Gasteiger partial charge in [-0.25, -0.2) is 4.98 Å². The van der Waals surface area contributed by atoms with Gasteiger partial charge in [0.25, 0.3) is 0 Å². The molecule has 0 saturated heterocycles. The molecule has 3 nitrogen and oxygen atoms in total. The third-order valence-electron chi connectivity index (χ3n) is 2.91. The van der Waals surface area contributed by atoms with Gasteiger partial charge in [-0.1, -0.05) is 30.3 Å². The van der Waals surface area contributed by atoms with E-state index in [1.54, 1.807) is 11.3 Å². The van der Waals surface area contributed by atoms with Crippen molar-refractivity contribution in [2.75, 3.05) is 0 Å². The summed E-state index contributed by atoms with van der Waals surface area (Å²) in [6.45, 7) is 3.97. The van der Waals surface area contributed by atoms with Crippen LogP contribution in [0.4, 0.5) is 0 Å². The predicted octanol–water partition coefficient (Wildman–Crippen LogP) is 3.26. The van der Waals surface area contributed by atoms with Crippen LogP contribution in [0.5, 0.6) is 0 Å². The largest absolute Gasteiger partial charge is 0.350 e. The number of carbonyl (C=O) groups is 1. The van der Waals surface area contributed by atoms with Gasteiger partial charge < -0.3 is 5.32 Å². The molecular formula is C15H18N2OS. The highest BCUT2D eigenvalue weighted by atomic mass is 32.1. The molecule has 1 atom stereocenters. The summed E-state index contributed by atoms with van der Waals surface area (Å²) in [5, 5.41) is 6.05. The maximum Gasteiger partial charge on any atom is 0.220 e. The van der Waals surface area contributed by atoms with Crippen LogP contribution in [-0.4, -0.2) is 10.9 Å². The number of nitrogens with one attached hydrogen (secondary N) is 1. The van der Waals surface area contributed by atoms with E-state index >= 15 is 0 Å². The van der Waals surface area contributed by atoms with E-state index in [2.05, 4.69) is 10.3 Å². The van der Waals surface area contributed by atoms with Crippen molar-refractivity contribution >= 4 is 17.2 Å². The molecule has 0 spiro atoms. The minimum atomic E-state index is 0.0479. The molecular weight excluding hydrogens is 256 g/mol. The predicted molar refractivity (Wildman–Crippen MR) is 78.2 cm³/mol. The van der Waals surface area contributed by atoms with Crippen LogP contribution in [-0.2, 0) is 11.2 Å². The minimum Gasteiger partial charge on any atom is -0.350 e. The van der Waals surface area contributed by atoms with E-state index in [0.717, 1.165) is 16.3 Å². The van der Waals surface area contributed by atoms with Crippen molar-refractivity contribution in [2.24, 2.45) is 0 Å². The Balaban J connectivity index is 1.81. The highest BCUT2D eigenvalue weighted by Crippen LogP contribution is 2.13. The molecule has 0 aliphatic carbocycles. The molecule has 0 aliphatic heterocycles. The first-order valence-corrected chi connectivity index (χ1v) is 7.28. The summed E-state index contributed by atoms with van der Waals surface area (Å²) in [4.78, 5) is 16.2. The first-order chi connectivity index (χ1) is 9.15. The van der Waals surface area contributed by atoms with Crippen molar-refractivity contribution in [2.45, 2.75) is 32.7 Å². The van der Waals surface area contributed by atoms with E-state index < -0.39 is 0 Å². The Labute approximate surface area is 117 Å². The third-order valence-corrected chi connectivity index (χ3v) is 3.94. The van der Waals surface area contributed by atoms with Crippen molar-refractivity contribution in [1.82, 2.24) is 10.3 Å². The lowest BCUT2D eigenvalue weighted by Crippen LogP contribution is -2.26.